The van der Waals surface area contributed by atoms with Gasteiger partial charge in [0.25, 0.3) is 0 Å². The number of nitrogens with zero attached hydrogens (tertiary/aromatic N) is 4. The lowest BCUT2D eigenvalue weighted by molar-refractivity contribution is -0.117. The van der Waals surface area contributed by atoms with Crippen molar-refractivity contribution in [3.05, 3.63) is 30.6 Å². The second kappa shape index (κ2) is 8.65. The molecule has 29 heavy (non-hydrogen) atoms. The van der Waals surface area contributed by atoms with Crippen molar-refractivity contribution in [1.29, 1.82) is 0 Å². The first-order chi connectivity index (χ1) is 13.8. The van der Waals surface area contributed by atoms with E-state index < -0.39 is 6.09 Å². The molecule has 1 atom stereocenters. The van der Waals surface area contributed by atoms with Crippen LogP contribution in [0.1, 0.15) is 34.1 Å². The molecule has 8 heteroatoms. The summed E-state index contributed by atoms with van der Waals surface area (Å²) in [5.74, 6) is -0.0693. The lowest BCUT2D eigenvalue weighted by Crippen LogP contribution is -2.51. The van der Waals surface area contributed by atoms with Crippen LogP contribution in [0.25, 0.3) is 11.1 Å². The molecule has 0 aliphatic carbocycles. The van der Waals surface area contributed by atoms with Gasteiger partial charge in [-0.3, -0.25) is 14.4 Å². The quantitative estimate of drug-likeness (QED) is 0.833. The Balaban J connectivity index is 2.01. The number of carbonyl (C=O) groups is 2. The number of aryl methyl sites for hydroxylation is 1. The van der Waals surface area contributed by atoms with E-state index in [0.29, 0.717) is 30.9 Å². The molecular formula is C21H28N4O4. The standard InChI is InChI=1S/C21H28N4O4/c1-14(2)29-21(28)24-12-15(3)25(16(4)27)19-7-6-17(10-20(19)24)18-11-22-23(13-18)8-5-9-26/h6-7,10-11,13-15,26H,5,8-9,12H2,1-4H3. The Kier molecular flexibility index (Phi) is 6.22. The van der Waals surface area contributed by atoms with Crippen molar-refractivity contribution in [1.82, 2.24) is 9.78 Å². The first-order valence-electron chi connectivity index (χ1n) is 9.87. The number of ether oxygens (including phenoxy) is 1. The Labute approximate surface area is 170 Å². The molecule has 1 N–H and O–H groups in total. The summed E-state index contributed by atoms with van der Waals surface area (Å²) in [4.78, 5) is 28.3. The predicted octanol–water partition coefficient (Wildman–Crippen LogP) is 3.04. The fraction of sp³-hybridized carbons (Fsp3) is 0.476. The third kappa shape index (κ3) is 4.42. The predicted molar refractivity (Wildman–Crippen MR) is 111 cm³/mol. The molecule has 0 fully saturated rings. The zero-order valence-corrected chi connectivity index (χ0v) is 17.3. The van der Waals surface area contributed by atoms with Crippen LogP contribution in [0.5, 0.6) is 0 Å². The van der Waals surface area contributed by atoms with Crippen molar-refractivity contribution < 1.29 is 19.4 Å². The number of benzene rings is 1. The van der Waals surface area contributed by atoms with Crippen LogP contribution in [-0.2, 0) is 16.1 Å². The van der Waals surface area contributed by atoms with E-state index in [1.165, 1.54) is 6.92 Å². The smallest absolute Gasteiger partial charge is 0.414 e. The summed E-state index contributed by atoms with van der Waals surface area (Å²) in [6, 6.07) is 5.52. The number of fused-ring (bicyclic) bond motifs is 1. The molecule has 0 saturated heterocycles. The van der Waals surface area contributed by atoms with E-state index in [4.69, 9.17) is 9.84 Å². The third-order valence-corrected chi connectivity index (χ3v) is 4.82. The molecule has 1 unspecified atom stereocenters. The second-order valence-electron chi connectivity index (χ2n) is 7.55. The molecule has 156 valence electrons. The number of anilines is 2. The molecule has 2 aromatic rings. The van der Waals surface area contributed by atoms with Gasteiger partial charge in [-0.2, -0.15) is 5.10 Å². The summed E-state index contributed by atoms with van der Waals surface area (Å²) in [6.45, 7) is 8.17. The molecule has 1 aliphatic heterocycles. The molecule has 0 spiro atoms. The van der Waals surface area contributed by atoms with Crippen LogP contribution in [-0.4, -0.2) is 52.2 Å². The number of aliphatic hydroxyl groups is 1. The highest BCUT2D eigenvalue weighted by Crippen LogP contribution is 2.39. The van der Waals surface area contributed by atoms with Gasteiger partial charge in [0, 0.05) is 38.4 Å². The fourth-order valence-corrected chi connectivity index (χ4v) is 3.59. The lowest BCUT2D eigenvalue weighted by Gasteiger charge is -2.40. The Morgan fingerprint density at radius 2 is 2.03 bits per heavy atom. The number of aliphatic hydroxyl groups excluding tert-OH is 1. The highest BCUT2D eigenvalue weighted by Gasteiger charge is 2.34. The molecule has 1 aliphatic rings. The molecule has 0 saturated carbocycles. The van der Waals surface area contributed by atoms with E-state index in [1.807, 2.05) is 45.2 Å². The van der Waals surface area contributed by atoms with Gasteiger partial charge < -0.3 is 14.7 Å². The van der Waals surface area contributed by atoms with E-state index in [-0.39, 0.29) is 24.7 Å². The number of carbonyl (C=O) groups excluding carboxylic acids is 2. The van der Waals surface area contributed by atoms with Crippen LogP contribution < -0.4 is 9.80 Å². The number of hydrogen-bond donors (Lipinski definition) is 1. The highest BCUT2D eigenvalue weighted by atomic mass is 16.6. The van der Waals surface area contributed by atoms with Gasteiger partial charge in [0.05, 0.1) is 29.7 Å². The van der Waals surface area contributed by atoms with Crippen LogP contribution in [0, 0.1) is 0 Å². The monoisotopic (exact) mass is 400 g/mol. The fourth-order valence-electron chi connectivity index (χ4n) is 3.59. The van der Waals surface area contributed by atoms with Gasteiger partial charge in [0.1, 0.15) is 0 Å². The average Bonchev–Trinajstić information content (AvgIpc) is 3.13. The molecule has 2 heterocycles. The van der Waals surface area contributed by atoms with Crippen molar-refractivity contribution in [2.24, 2.45) is 0 Å². The van der Waals surface area contributed by atoms with E-state index in [0.717, 1.165) is 11.1 Å². The number of amides is 2. The summed E-state index contributed by atoms with van der Waals surface area (Å²) in [6.07, 6.45) is 3.63. The Morgan fingerprint density at radius 3 is 2.69 bits per heavy atom. The maximum atomic E-state index is 12.7. The van der Waals surface area contributed by atoms with Crippen LogP contribution in [0.2, 0.25) is 0 Å². The van der Waals surface area contributed by atoms with Crippen LogP contribution in [0.4, 0.5) is 16.2 Å². The molecule has 2 amide bonds. The summed E-state index contributed by atoms with van der Waals surface area (Å²) >= 11 is 0. The van der Waals surface area contributed by atoms with Gasteiger partial charge >= 0.3 is 6.09 Å². The first kappa shape index (κ1) is 20.9. The number of hydrogen-bond acceptors (Lipinski definition) is 5. The van der Waals surface area contributed by atoms with Crippen LogP contribution in [0.15, 0.2) is 30.6 Å². The van der Waals surface area contributed by atoms with E-state index in [1.54, 1.807) is 20.7 Å². The Morgan fingerprint density at radius 1 is 1.28 bits per heavy atom. The molecule has 3 rings (SSSR count). The third-order valence-electron chi connectivity index (χ3n) is 4.82. The number of rotatable bonds is 5. The molecule has 0 bridgehead atoms. The SMILES string of the molecule is CC(=O)N1c2ccc(-c3cnn(CCCO)c3)cc2N(C(=O)OC(C)C)CC1C. The zero-order valence-electron chi connectivity index (χ0n) is 17.3. The highest BCUT2D eigenvalue weighted by molar-refractivity contribution is 6.03. The van der Waals surface area contributed by atoms with Gasteiger partial charge in [-0.05, 0) is 44.9 Å². The van der Waals surface area contributed by atoms with Crippen molar-refractivity contribution >= 4 is 23.4 Å². The van der Waals surface area contributed by atoms with Gasteiger partial charge in [-0.25, -0.2) is 4.79 Å². The molecule has 8 nitrogen and oxygen atoms in total. The summed E-state index contributed by atoms with van der Waals surface area (Å²) in [5, 5.41) is 13.3. The molecule has 1 aromatic carbocycles. The van der Waals surface area contributed by atoms with Gasteiger partial charge in [-0.1, -0.05) is 6.07 Å². The van der Waals surface area contributed by atoms with Crippen molar-refractivity contribution in [2.45, 2.75) is 52.8 Å². The largest absolute Gasteiger partial charge is 0.446 e. The molecule has 0 radical (unpaired) electrons. The zero-order chi connectivity index (χ0) is 21.1. The van der Waals surface area contributed by atoms with Gasteiger partial charge in [0.15, 0.2) is 0 Å². The first-order valence-corrected chi connectivity index (χ1v) is 9.87. The van der Waals surface area contributed by atoms with E-state index in [9.17, 15) is 9.59 Å². The van der Waals surface area contributed by atoms with Crippen molar-refractivity contribution in [3.8, 4) is 11.1 Å². The maximum Gasteiger partial charge on any atom is 0.414 e. The maximum absolute atomic E-state index is 12.7. The number of aromatic nitrogens is 2. The molecular weight excluding hydrogens is 372 g/mol. The lowest BCUT2D eigenvalue weighted by atomic mass is 10.0. The van der Waals surface area contributed by atoms with Gasteiger partial charge in [-0.15, -0.1) is 0 Å². The Hall–Kier alpha value is -2.87. The Bertz CT molecular complexity index is 893. The van der Waals surface area contributed by atoms with E-state index >= 15 is 0 Å². The summed E-state index contributed by atoms with van der Waals surface area (Å²) in [5.41, 5.74) is 3.12. The summed E-state index contributed by atoms with van der Waals surface area (Å²) < 4.78 is 7.21. The second-order valence-corrected chi connectivity index (χ2v) is 7.55. The topological polar surface area (TPSA) is 87.9 Å². The molecule has 1 aromatic heterocycles. The van der Waals surface area contributed by atoms with Gasteiger partial charge in [0.2, 0.25) is 5.91 Å². The van der Waals surface area contributed by atoms with Crippen LogP contribution in [0.3, 0.4) is 0 Å². The van der Waals surface area contributed by atoms with Crippen molar-refractivity contribution in [2.75, 3.05) is 23.0 Å². The van der Waals surface area contributed by atoms with E-state index in [2.05, 4.69) is 5.10 Å². The van der Waals surface area contributed by atoms with Crippen LogP contribution >= 0.6 is 0 Å². The minimum Gasteiger partial charge on any atom is -0.446 e. The minimum absolute atomic E-state index is 0.0693. The van der Waals surface area contributed by atoms with Crippen molar-refractivity contribution in [3.63, 3.8) is 0 Å². The normalized spacial score (nSPS) is 16.1. The summed E-state index contributed by atoms with van der Waals surface area (Å²) in [7, 11) is 0. The minimum atomic E-state index is -0.424. The average molecular weight is 400 g/mol.